The zero-order chi connectivity index (χ0) is 16.2. The number of guanidine groups is 1. The van der Waals surface area contributed by atoms with Crippen molar-refractivity contribution in [3.05, 3.63) is 30.3 Å². The van der Waals surface area contributed by atoms with E-state index in [0.717, 1.165) is 37.5 Å². The highest BCUT2D eigenvalue weighted by Gasteiger charge is 2.32. The molecule has 1 saturated heterocycles. The predicted molar refractivity (Wildman–Crippen MR) is 89.0 cm³/mol. The Morgan fingerprint density at radius 2 is 2.00 bits per heavy atom. The van der Waals surface area contributed by atoms with Gasteiger partial charge >= 0.3 is 0 Å². The molecule has 1 aromatic carbocycles. The van der Waals surface area contributed by atoms with E-state index in [1.807, 2.05) is 30.3 Å². The zero-order valence-electron chi connectivity index (χ0n) is 13.3. The number of para-hydroxylation sites is 1. The lowest BCUT2D eigenvalue weighted by atomic mass is 10.00. The van der Waals surface area contributed by atoms with Crippen LogP contribution in [0.1, 0.15) is 26.2 Å². The lowest BCUT2D eigenvalue weighted by Gasteiger charge is -2.31. The highest BCUT2D eigenvalue weighted by Crippen LogP contribution is 2.18. The van der Waals surface area contributed by atoms with Crippen LogP contribution < -0.4 is 10.6 Å². The first-order valence-corrected chi connectivity index (χ1v) is 8.10. The maximum Gasteiger partial charge on any atom is 0.252 e. The fourth-order valence-electron chi connectivity index (χ4n) is 2.86. The number of piperidine rings is 1. The van der Waals surface area contributed by atoms with Crippen molar-refractivity contribution in [1.29, 1.82) is 0 Å². The Labute approximate surface area is 136 Å². The van der Waals surface area contributed by atoms with Crippen molar-refractivity contribution in [2.24, 2.45) is 10.9 Å². The second-order valence-electron chi connectivity index (χ2n) is 6.25. The minimum atomic E-state index is -0.631. The third-order valence-electron chi connectivity index (χ3n) is 4.34. The summed E-state index contributed by atoms with van der Waals surface area (Å²) in [5.74, 6) is 0.950. The summed E-state index contributed by atoms with van der Waals surface area (Å²) in [5.41, 5.74) is 0.727. The van der Waals surface area contributed by atoms with Crippen LogP contribution >= 0.6 is 0 Å². The monoisotopic (exact) mass is 314 g/mol. The Bertz CT molecular complexity index is 606. The fraction of sp³-hybridized carbons (Fsp3) is 0.471. The SMILES string of the molecule is CC1CCN(C2=N[C@@H](CC(=O)Nc3ccccc3)C(=O)N2)CC1. The Kier molecular flexibility index (Phi) is 4.60. The first kappa shape index (κ1) is 15.5. The van der Waals surface area contributed by atoms with E-state index in [2.05, 4.69) is 27.4 Å². The molecule has 0 radical (unpaired) electrons. The van der Waals surface area contributed by atoms with Crippen LogP contribution in [0, 0.1) is 5.92 Å². The Morgan fingerprint density at radius 1 is 1.30 bits per heavy atom. The lowest BCUT2D eigenvalue weighted by molar-refractivity contribution is -0.124. The van der Waals surface area contributed by atoms with Crippen molar-refractivity contribution in [2.45, 2.75) is 32.2 Å². The number of aliphatic imine (C=N–C) groups is 1. The summed E-state index contributed by atoms with van der Waals surface area (Å²) >= 11 is 0. The van der Waals surface area contributed by atoms with Crippen LogP contribution in [0.4, 0.5) is 5.69 Å². The van der Waals surface area contributed by atoms with E-state index in [1.54, 1.807) is 0 Å². The molecule has 1 fully saturated rings. The molecule has 0 saturated carbocycles. The number of nitrogens with one attached hydrogen (secondary N) is 2. The summed E-state index contributed by atoms with van der Waals surface area (Å²) in [6, 6.07) is 8.59. The largest absolute Gasteiger partial charge is 0.343 e. The molecule has 2 aliphatic rings. The van der Waals surface area contributed by atoms with E-state index in [0.29, 0.717) is 5.96 Å². The van der Waals surface area contributed by atoms with Gasteiger partial charge < -0.3 is 10.2 Å². The Morgan fingerprint density at radius 3 is 2.70 bits per heavy atom. The molecule has 3 rings (SSSR count). The molecule has 0 unspecified atom stereocenters. The van der Waals surface area contributed by atoms with Gasteiger partial charge in [0.05, 0.1) is 6.42 Å². The second-order valence-corrected chi connectivity index (χ2v) is 6.25. The number of carbonyl (C=O) groups excluding carboxylic acids is 2. The molecule has 2 N–H and O–H groups in total. The van der Waals surface area contributed by atoms with Gasteiger partial charge in [-0.1, -0.05) is 25.1 Å². The van der Waals surface area contributed by atoms with Crippen LogP contribution in [0.3, 0.4) is 0 Å². The van der Waals surface area contributed by atoms with Crippen molar-refractivity contribution < 1.29 is 9.59 Å². The molecule has 6 nitrogen and oxygen atoms in total. The minimum Gasteiger partial charge on any atom is -0.343 e. The maximum absolute atomic E-state index is 12.1. The van der Waals surface area contributed by atoms with E-state index in [1.165, 1.54) is 0 Å². The number of nitrogens with zero attached hydrogens (tertiary/aromatic N) is 2. The van der Waals surface area contributed by atoms with Crippen LogP contribution in [0.15, 0.2) is 35.3 Å². The Balaban J connectivity index is 1.57. The van der Waals surface area contributed by atoms with E-state index < -0.39 is 6.04 Å². The number of rotatable bonds is 3. The molecule has 0 aromatic heterocycles. The molecule has 0 bridgehead atoms. The standard InChI is InChI=1S/C17H22N4O2/c1-12-7-9-21(10-8-12)17-19-14(16(23)20-17)11-15(22)18-13-5-3-2-4-6-13/h2-6,12,14H,7-11H2,1H3,(H,18,22)(H,19,20,23)/t14-/m0/s1. The molecular weight excluding hydrogens is 292 g/mol. The number of carbonyl (C=O) groups is 2. The highest BCUT2D eigenvalue weighted by molar-refractivity contribution is 6.07. The van der Waals surface area contributed by atoms with Gasteiger partial charge in [0, 0.05) is 18.8 Å². The first-order chi connectivity index (χ1) is 11.1. The second kappa shape index (κ2) is 6.81. The summed E-state index contributed by atoms with van der Waals surface area (Å²) in [6.07, 6.45) is 2.27. The summed E-state index contributed by atoms with van der Waals surface area (Å²) in [5, 5.41) is 5.60. The van der Waals surface area contributed by atoms with Gasteiger partial charge in [0.15, 0.2) is 0 Å². The molecule has 2 aliphatic heterocycles. The van der Waals surface area contributed by atoms with Gasteiger partial charge in [-0.15, -0.1) is 0 Å². The van der Waals surface area contributed by atoms with E-state index >= 15 is 0 Å². The van der Waals surface area contributed by atoms with Crippen molar-refractivity contribution in [1.82, 2.24) is 10.2 Å². The molecule has 122 valence electrons. The van der Waals surface area contributed by atoms with Crippen molar-refractivity contribution in [3.63, 3.8) is 0 Å². The fourth-order valence-corrected chi connectivity index (χ4v) is 2.86. The summed E-state index contributed by atoms with van der Waals surface area (Å²) in [4.78, 5) is 30.6. The smallest absolute Gasteiger partial charge is 0.252 e. The van der Waals surface area contributed by atoms with Crippen molar-refractivity contribution in [3.8, 4) is 0 Å². The van der Waals surface area contributed by atoms with Crippen LogP contribution in [-0.4, -0.2) is 41.8 Å². The summed E-state index contributed by atoms with van der Waals surface area (Å²) in [7, 11) is 0. The van der Waals surface area contributed by atoms with Crippen molar-refractivity contribution >= 4 is 23.5 Å². The third kappa shape index (κ3) is 3.88. The van der Waals surface area contributed by atoms with Crippen LogP contribution in [0.5, 0.6) is 0 Å². The molecule has 2 amide bonds. The molecule has 2 heterocycles. The number of likely N-dealkylation sites (tertiary alicyclic amines) is 1. The van der Waals surface area contributed by atoms with Crippen molar-refractivity contribution in [2.75, 3.05) is 18.4 Å². The van der Waals surface area contributed by atoms with Gasteiger partial charge in [-0.25, -0.2) is 4.99 Å². The maximum atomic E-state index is 12.1. The molecular formula is C17H22N4O2. The number of benzene rings is 1. The molecule has 1 aromatic rings. The normalized spacial score (nSPS) is 21.8. The van der Waals surface area contributed by atoms with Crippen LogP contribution in [0.2, 0.25) is 0 Å². The van der Waals surface area contributed by atoms with Gasteiger partial charge in [-0.3, -0.25) is 14.9 Å². The molecule has 1 atom stereocenters. The van der Waals surface area contributed by atoms with Gasteiger partial charge in [0.25, 0.3) is 5.91 Å². The number of hydrogen-bond donors (Lipinski definition) is 2. The Hall–Kier alpha value is -2.37. The molecule has 0 spiro atoms. The molecule has 0 aliphatic carbocycles. The number of hydrogen-bond acceptors (Lipinski definition) is 4. The lowest BCUT2D eigenvalue weighted by Crippen LogP contribution is -2.44. The number of anilines is 1. The molecule has 6 heteroatoms. The quantitative estimate of drug-likeness (QED) is 0.890. The van der Waals surface area contributed by atoms with Crippen LogP contribution in [-0.2, 0) is 9.59 Å². The number of amides is 2. The topological polar surface area (TPSA) is 73.8 Å². The van der Waals surface area contributed by atoms with E-state index in [9.17, 15) is 9.59 Å². The van der Waals surface area contributed by atoms with Gasteiger partial charge in [-0.05, 0) is 30.9 Å². The minimum absolute atomic E-state index is 0.0640. The predicted octanol–water partition coefficient (Wildman–Crippen LogP) is 1.60. The van der Waals surface area contributed by atoms with E-state index in [4.69, 9.17) is 0 Å². The summed E-state index contributed by atoms with van der Waals surface area (Å²) < 4.78 is 0. The van der Waals surface area contributed by atoms with Crippen LogP contribution in [0.25, 0.3) is 0 Å². The highest BCUT2D eigenvalue weighted by atomic mass is 16.2. The van der Waals surface area contributed by atoms with Gasteiger partial charge in [0.1, 0.15) is 6.04 Å². The zero-order valence-corrected chi connectivity index (χ0v) is 13.3. The van der Waals surface area contributed by atoms with Gasteiger partial charge in [0.2, 0.25) is 11.9 Å². The van der Waals surface area contributed by atoms with Gasteiger partial charge in [-0.2, -0.15) is 0 Å². The average molecular weight is 314 g/mol. The third-order valence-corrected chi connectivity index (χ3v) is 4.34. The first-order valence-electron chi connectivity index (χ1n) is 8.10. The average Bonchev–Trinajstić information content (AvgIpc) is 2.90. The molecule has 23 heavy (non-hydrogen) atoms. The summed E-state index contributed by atoms with van der Waals surface area (Å²) in [6.45, 7) is 4.05. The van der Waals surface area contributed by atoms with E-state index in [-0.39, 0.29) is 18.2 Å².